The molecular formula is C6H7FN2O2. The Labute approximate surface area is 62.3 Å². The zero-order chi connectivity index (χ0) is 8.27. The second-order valence-electron chi connectivity index (χ2n) is 1.94. The highest BCUT2D eigenvalue weighted by Crippen LogP contribution is 1.96. The van der Waals surface area contributed by atoms with Crippen LogP contribution in [0.1, 0.15) is 10.6 Å². The summed E-state index contributed by atoms with van der Waals surface area (Å²) in [4.78, 5) is 13.9. The third kappa shape index (κ3) is 1.54. The molecule has 0 unspecified atom stereocenters. The van der Waals surface area contributed by atoms with Crippen molar-refractivity contribution in [1.82, 2.24) is 9.55 Å². The zero-order valence-corrected chi connectivity index (χ0v) is 5.70. The van der Waals surface area contributed by atoms with E-state index in [2.05, 4.69) is 4.98 Å². The number of alkyl halides is 1. The van der Waals surface area contributed by atoms with E-state index in [9.17, 15) is 9.18 Å². The van der Waals surface area contributed by atoms with Gasteiger partial charge in [0.1, 0.15) is 6.67 Å². The minimum absolute atomic E-state index is 0.0433. The first-order valence-electron chi connectivity index (χ1n) is 3.06. The molecule has 11 heavy (non-hydrogen) atoms. The van der Waals surface area contributed by atoms with Crippen LogP contribution in [-0.2, 0) is 6.54 Å². The number of halogens is 1. The first-order chi connectivity index (χ1) is 5.25. The number of aromatic nitrogens is 2. The van der Waals surface area contributed by atoms with Gasteiger partial charge in [0.05, 0.1) is 6.54 Å². The highest BCUT2D eigenvalue weighted by Gasteiger charge is 2.09. The maximum absolute atomic E-state index is 11.8. The number of rotatable bonds is 3. The quantitative estimate of drug-likeness (QED) is 0.698. The summed E-state index contributed by atoms with van der Waals surface area (Å²) in [5.74, 6) is -1.26. The first kappa shape index (κ1) is 7.71. The molecule has 0 bridgehead atoms. The number of carboxylic acid groups (broad SMARTS) is 1. The molecule has 1 heterocycles. The lowest BCUT2D eigenvalue weighted by atomic mass is 10.6. The molecule has 0 aliphatic rings. The van der Waals surface area contributed by atoms with Gasteiger partial charge in [-0.1, -0.05) is 0 Å². The summed E-state index contributed by atoms with van der Waals surface area (Å²) in [6, 6.07) is 0. The van der Waals surface area contributed by atoms with E-state index in [4.69, 9.17) is 5.11 Å². The van der Waals surface area contributed by atoms with Crippen LogP contribution in [0, 0.1) is 0 Å². The van der Waals surface area contributed by atoms with Crippen LogP contribution in [0.5, 0.6) is 0 Å². The zero-order valence-electron chi connectivity index (χ0n) is 5.70. The van der Waals surface area contributed by atoms with E-state index in [1.165, 1.54) is 17.0 Å². The van der Waals surface area contributed by atoms with Gasteiger partial charge in [-0.25, -0.2) is 14.2 Å². The summed E-state index contributed by atoms with van der Waals surface area (Å²) in [6.45, 7) is -0.543. The second-order valence-corrected chi connectivity index (χ2v) is 1.94. The summed E-state index contributed by atoms with van der Waals surface area (Å²) < 4.78 is 13.0. The van der Waals surface area contributed by atoms with Gasteiger partial charge < -0.3 is 9.67 Å². The van der Waals surface area contributed by atoms with Gasteiger partial charge in [-0.15, -0.1) is 0 Å². The van der Waals surface area contributed by atoms with Crippen molar-refractivity contribution in [1.29, 1.82) is 0 Å². The Balaban J connectivity index is 2.87. The molecule has 0 amide bonds. The van der Waals surface area contributed by atoms with Crippen molar-refractivity contribution >= 4 is 5.97 Å². The molecule has 0 saturated heterocycles. The minimum atomic E-state index is -1.14. The van der Waals surface area contributed by atoms with Gasteiger partial charge in [0.25, 0.3) is 0 Å². The Bertz CT molecular complexity index is 259. The number of hydrogen-bond donors (Lipinski definition) is 1. The second kappa shape index (κ2) is 3.14. The van der Waals surface area contributed by atoms with Crippen molar-refractivity contribution in [2.45, 2.75) is 6.54 Å². The third-order valence-electron chi connectivity index (χ3n) is 1.23. The molecule has 1 N–H and O–H groups in total. The van der Waals surface area contributed by atoms with Crippen LogP contribution in [0.2, 0.25) is 0 Å². The van der Waals surface area contributed by atoms with Gasteiger partial charge >= 0.3 is 5.97 Å². The molecule has 0 saturated carbocycles. The molecule has 1 aromatic heterocycles. The predicted octanol–water partition coefficient (Wildman–Crippen LogP) is 0.551. The van der Waals surface area contributed by atoms with Gasteiger partial charge in [0, 0.05) is 12.4 Å². The van der Waals surface area contributed by atoms with E-state index in [1.54, 1.807) is 0 Å². The monoisotopic (exact) mass is 158 g/mol. The lowest BCUT2D eigenvalue weighted by Gasteiger charge is -1.98. The summed E-state index contributed by atoms with van der Waals surface area (Å²) in [5.41, 5.74) is 0. The Hall–Kier alpha value is -1.39. The maximum Gasteiger partial charge on any atom is 0.372 e. The summed E-state index contributed by atoms with van der Waals surface area (Å²) in [6.07, 6.45) is 2.77. The van der Waals surface area contributed by atoms with Gasteiger partial charge in [0.2, 0.25) is 5.82 Å². The van der Waals surface area contributed by atoms with Crippen LogP contribution in [0.25, 0.3) is 0 Å². The number of aromatic carboxylic acids is 1. The third-order valence-corrected chi connectivity index (χ3v) is 1.23. The molecular weight excluding hydrogens is 151 g/mol. The number of aryl methyl sites for hydroxylation is 1. The van der Waals surface area contributed by atoms with E-state index in [1.807, 2.05) is 0 Å². The van der Waals surface area contributed by atoms with E-state index < -0.39 is 12.6 Å². The van der Waals surface area contributed by atoms with Crippen molar-refractivity contribution in [3.05, 3.63) is 18.2 Å². The molecule has 0 aromatic carbocycles. The number of carboxylic acids is 1. The van der Waals surface area contributed by atoms with E-state index >= 15 is 0 Å². The van der Waals surface area contributed by atoms with E-state index in [0.717, 1.165) is 0 Å². The van der Waals surface area contributed by atoms with Gasteiger partial charge in [-0.05, 0) is 0 Å². The van der Waals surface area contributed by atoms with Crippen molar-refractivity contribution in [2.24, 2.45) is 0 Å². The van der Waals surface area contributed by atoms with Gasteiger partial charge in [-0.2, -0.15) is 0 Å². The fraction of sp³-hybridized carbons (Fsp3) is 0.333. The molecule has 0 radical (unpaired) electrons. The Kier molecular flexibility index (Phi) is 2.20. The molecule has 0 fully saturated rings. The number of nitrogens with zero attached hydrogens (tertiary/aromatic N) is 2. The van der Waals surface area contributed by atoms with Gasteiger partial charge in [-0.3, -0.25) is 0 Å². The van der Waals surface area contributed by atoms with Crippen molar-refractivity contribution in [3.8, 4) is 0 Å². The Morgan fingerprint density at radius 3 is 3.09 bits per heavy atom. The van der Waals surface area contributed by atoms with Crippen LogP contribution in [0.4, 0.5) is 4.39 Å². The van der Waals surface area contributed by atoms with Crippen LogP contribution in [0.3, 0.4) is 0 Å². The molecule has 60 valence electrons. The topological polar surface area (TPSA) is 55.1 Å². The van der Waals surface area contributed by atoms with Crippen LogP contribution >= 0.6 is 0 Å². The normalized spacial score (nSPS) is 9.91. The smallest absolute Gasteiger partial charge is 0.372 e. The first-order valence-corrected chi connectivity index (χ1v) is 3.06. The van der Waals surface area contributed by atoms with E-state index in [0.29, 0.717) is 0 Å². The molecule has 1 rings (SSSR count). The average molecular weight is 158 g/mol. The average Bonchev–Trinajstić information content (AvgIpc) is 2.36. The predicted molar refractivity (Wildman–Crippen MR) is 35.2 cm³/mol. The van der Waals surface area contributed by atoms with Gasteiger partial charge in [0.15, 0.2) is 0 Å². The van der Waals surface area contributed by atoms with Crippen LogP contribution in [0.15, 0.2) is 12.4 Å². The summed E-state index contributed by atoms with van der Waals surface area (Å²) in [5, 5.41) is 8.48. The molecule has 0 spiro atoms. The largest absolute Gasteiger partial charge is 0.475 e. The van der Waals surface area contributed by atoms with Crippen molar-refractivity contribution in [2.75, 3.05) is 6.67 Å². The molecule has 5 heteroatoms. The fourth-order valence-electron chi connectivity index (χ4n) is 0.779. The Morgan fingerprint density at radius 2 is 2.55 bits per heavy atom. The standard InChI is InChI=1S/C6H7FN2O2/c7-1-3-9-4-2-8-5(9)6(10)11/h2,4H,1,3H2,(H,10,11). The Morgan fingerprint density at radius 1 is 1.82 bits per heavy atom. The molecule has 0 aliphatic carbocycles. The van der Waals surface area contributed by atoms with Crippen LogP contribution in [-0.4, -0.2) is 27.3 Å². The molecule has 0 aliphatic heterocycles. The van der Waals surface area contributed by atoms with Crippen molar-refractivity contribution in [3.63, 3.8) is 0 Å². The summed E-state index contributed by atoms with van der Waals surface area (Å²) in [7, 11) is 0. The lowest BCUT2D eigenvalue weighted by Crippen LogP contribution is -2.09. The van der Waals surface area contributed by atoms with Crippen molar-refractivity contribution < 1.29 is 14.3 Å². The maximum atomic E-state index is 11.8. The number of hydrogen-bond acceptors (Lipinski definition) is 2. The highest BCUT2D eigenvalue weighted by atomic mass is 19.1. The highest BCUT2D eigenvalue weighted by molar-refractivity contribution is 5.83. The number of carbonyl (C=O) groups is 1. The van der Waals surface area contributed by atoms with Crippen LogP contribution < -0.4 is 0 Å². The lowest BCUT2D eigenvalue weighted by molar-refractivity contribution is 0.0677. The fourth-order valence-corrected chi connectivity index (χ4v) is 0.779. The number of imidazole rings is 1. The molecule has 1 aromatic rings. The molecule has 4 nitrogen and oxygen atoms in total. The van der Waals surface area contributed by atoms with E-state index in [-0.39, 0.29) is 12.4 Å². The summed E-state index contributed by atoms with van der Waals surface area (Å²) >= 11 is 0. The minimum Gasteiger partial charge on any atom is -0.475 e. The SMILES string of the molecule is O=C(O)c1nccn1CCF. The molecule has 0 atom stereocenters.